The summed E-state index contributed by atoms with van der Waals surface area (Å²) in [5, 5.41) is 14.8. The number of para-hydroxylation sites is 1. The van der Waals surface area contributed by atoms with Crippen LogP contribution in [0.2, 0.25) is 0 Å². The first-order valence-corrected chi connectivity index (χ1v) is 13.4. The first-order valence-electron chi connectivity index (χ1n) is 13.4. The normalized spacial score (nSPS) is 14.5. The van der Waals surface area contributed by atoms with Crippen molar-refractivity contribution in [2.75, 3.05) is 6.61 Å². The largest absolute Gasteiger partial charge is 0.494 e. The second kappa shape index (κ2) is 11.5. The van der Waals surface area contributed by atoms with Crippen molar-refractivity contribution in [3.8, 4) is 28.8 Å². The molecule has 2 amide bonds. The van der Waals surface area contributed by atoms with Crippen molar-refractivity contribution >= 4 is 17.9 Å². The van der Waals surface area contributed by atoms with Crippen molar-refractivity contribution in [1.82, 2.24) is 14.7 Å². The van der Waals surface area contributed by atoms with E-state index < -0.39 is 11.8 Å². The fourth-order valence-corrected chi connectivity index (χ4v) is 4.88. The average molecular weight is 543 g/mol. The lowest BCUT2D eigenvalue weighted by Gasteiger charge is -2.27. The second-order valence-corrected chi connectivity index (χ2v) is 9.97. The Morgan fingerprint density at radius 2 is 1.68 bits per heavy atom. The summed E-state index contributed by atoms with van der Waals surface area (Å²) < 4.78 is 7.45. The zero-order valence-electron chi connectivity index (χ0n) is 23.5. The molecule has 41 heavy (non-hydrogen) atoms. The van der Waals surface area contributed by atoms with Gasteiger partial charge in [-0.15, -0.1) is 0 Å². The number of imide groups is 1. The van der Waals surface area contributed by atoms with Crippen LogP contribution in [0.15, 0.2) is 95.7 Å². The van der Waals surface area contributed by atoms with E-state index in [1.165, 1.54) is 0 Å². The van der Waals surface area contributed by atoms with Gasteiger partial charge in [0.05, 0.1) is 18.8 Å². The summed E-state index contributed by atoms with van der Waals surface area (Å²) >= 11 is 0. The number of hydrogen-bond acceptors (Lipinski definition) is 5. The maximum absolute atomic E-state index is 13.8. The molecule has 1 aliphatic rings. The molecule has 3 aromatic carbocycles. The Morgan fingerprint density at radius 1 is 0.951 bits per heavy atom. The van der Waals surface area contributed by atoms with Gasteiger partial charge < -0.3 is 4.74 Å². The molecule has 4 aromatic rings. The van der Waals surface area contributed by atoms with Gasteiger partial charge in [-0.25, -0.2) is 4.68 Å². The predicted molar refractivity (Wildman–Crippen MR) is 158 cm³/mol. The smallest absolute Gasteiger partial charge is 0.271 e. The standard InChI is InChI=1S/C34H30N4O3/c1-5-41-28-15-16-29(23(3)17-28)32-26(21-38(36-32)27-9-7-6-8-10-27)18-30-24(4)31(19-35)34(40)37(33(30)39)20-25-13-11-22(2)12-14-25/h6-18,21H,5,20H2,1-4H3/b30-18+. The Kier molecular flexibility index (Phi) is 7.66. The highest BCUT2D eigenvalue weighted by Crippen LogP contribution is 2.34. The summed E-state index contributed by atoms with van der Waals surface area (Å²) in [7, 11) is 0. The van der Waals surface area contributed by atoms with Crippen LogP contribution in [0.3, 0.4) is 0 Å². The van der Waals surface area contributed by atoms with E-state index in [9.17, 15) is 14.9 Å². The maximum atomic E-state index is 13.8. The van der Waals surface area contributed by atoms with Crippen molar-refractivity contribution in [3.05, 3.63) is 118 Å². The van der Waals surface area contributed by atoms with E-state index in [2.05, 4.69) is 0 Å². The number of aryl methyl sites for hydroxylation is 2. The number of rotatable bonds is 7. The topological polar surface area (TPSA) is 88.2 Å². The quantitative estimate of drug-likeness (QED) is 0.201. The van der Waals surface area contributed by atoms with Gasteiger partial charge in [0.2, 0.25) is 0 Å². The molecule has 7 heteroatoms. The highest BCUT2D eigenvalue weighted by molar-refractivity contribution is 6.19. The lowest BCUT2D eigenvalue weighted by molar-refractivity contribution is -0.141. The van der Waals surface area contributed by atoms with E-state index in [0.29, 0.717) is 23.4 Å². The van der Waals surface area contributed by atoms with Gasteiger partial charge in [-0.05, 0) is 80.8 Å². The molecule has 1 aliphatic heterocycles. The Labute approximate surface area is 239 Å². The van der Waals surface area contributed by atoms with Crippen molar-refractivity contribution < 1.29 is 14.3 Å². The van der Waals surface area contributed by atoms with E-state index in [-0.39, 0.29) is 17.7 Å². The van der Waals surface area contributed by atoms with Gasteiger partial charge in [-0.1, -0.05) is 48.0 Å². The lowest BCUT2D eigenvalue weighted by atomic mass is 9.92. The number of nitrogens with zero attached hydrogens (tertiary/aromatic N) is 4. The molecule has 0 spiro atoms. The van der Waals surface area contributed by atoms with Gasteiger partial charge in [-0.2, -0.15) is 10.4 Å². The van der Waals surface area contributed by atoms with Crippen LogP contribution in [-0.2, 0) is 16.1 Å². The minimum Gasteiger partial charge on any atom is -0.494 e. The SMILES string of the molecule is CCOc1ccc(-c2nn(-c3ccccc3)cc2/C=C2/C(=O)N(Cc3ccc(C)cc3)C(=O)C(C#N)=C2C)c(C)c1. The molecule has 0 saturated carbocycles. The number of nitriles is 1. The van der Waals surface area contributed by atoms with Gasteiger partial charge in [-0.3, -0.25) is 14.5 Å². The lowest BCUT2D eigenvalue weighted by Crippen LogP contribution is -2.42. The van der Waals surface area contributed by atoms with Crippen LogP contribution in [0.4, 0.5) is 0 Å². The number of carbonyl (C=O) groups is 2. The third-order valence-electron chi connectivity index (χ3n) is 7.11. The number of carbonyl (C=O) groups excluding carboxylic acids is 2. The number of ether oxygens (including phenoxy) is 1. The Hall–Kier alpha value is -5.22. The third-order valence-corrected chi connectivity index (χ3v) is 7.11. The van der Waals surface area contributed by atoms with Gasteiger partial charge in [0.1, 0.15) is 23.1 Å². The molecule has 0 unspecified atom stereocenters. The Balaban J connectivity index is 1.65. The number of amides is 2. The van der Waals surface area contributed by atoms with Crippen LogP contribution in [0, 0.1) is 25.2 Å². The van der Waals surface area contributed by atoms with Crippen LogP contribution in [-0.4, -0.2) is 33.1 Å². The number of aromatic nitrogens is 2. The molecule has 0 N–H and O–H groups in total. The molecule has 1 aromatic heterocycles. The molecule has 0 fully saturated rings. The van der Waals surface area contributed by atoms with Gasteiger partial charge >= 0.3 is 0 Å². The molecular formula is C34H30N4O3. The summed E-state index contributed by atoms with van der Waals surface area (Å²) in [4.78, 5) is 28.2. The van der Waals surface area contributed by atoms with Crippen molar-refractivity contribution in [2.24, 2.45) is 0 Å². The van der Waals surface area contributed by atoms with Crippen LogP contribution in [0.5, 0.6) is 5.75 Å². The van der Waals surface area contributed by atoms with Crippen molar-refractivity contribution in [3.63, 3.8) is 0 Å². The highest BCUT2D eigenvalue weighted by Gasteiger charge is 2.35. The van der Waals surface area contributed by atoms with Crippen molar-refractivity contribution in [1.29, 1.82) is 5.26 Å². The van der Waals surface area contributed by atoms with Gasteiger partial charge in [0.15, 0.2) is 0 Å². The molecule has 204 valence electrons. The molecule has 0 atom stereocenters. The molecule has 0 radical (unpaired) electrons. The summed E-state index contributed by atoms with van der Waals surface area (Å²) in [5.74, 6) is -0.273. The van der Waals surface area contributed by atoms with Crippen LogP contribution in [0.1, 0.15) is 36.1 Å². The minimum atomic E-state index is -0.588. The Morgan fingerprint density at radius 3 is 2.34 bits per heavy atom. The first kappa shape index (κ1) is 27.4. The van der Waals surface area contributed by atoms with E-state index in [1.807, 2.05) is 106 Å². The average Bonchev–Trinajstić information content (AvgIpc) is 3.39. The summed E-state index contributed by atoms with van der Waals surface area (Å²) in [6, 6.07) is 25.2. The monoisotopic (exact) mass is 542 g/mol. The zero-order valence-corrected chi connectivity index (χ0v) is 23.5. The third kappa shape index (κ3) is 5.45. The molecular weight excluding hydrogens is 512 g/mol. The van der Waals surface area contributed by atoms with E-state index in [4.69, 9.17) is 9.84 Å². The van der Waals surface area contributed by atoms with Crippen LogP contribution >= 0.6 is 0 Å². The van der Waals surface area contributed by atoms with E-state index in [1.54, 1.807) is 17.7 Å². The summed E-state index contributed by atoms with van der Waals surface area (Å²) in [6.07, 6.45) is 3.60. The molecule has 5 rings (SSSR count). The molecule has 0 aliphatic carbocycles. The van der Waals surface area contributed by atoms with Crippen LogP contribution < -0.4 is 4.74 Å². The predicted octanol–water partition coefficient (Wildman–Crippen LogP) is 6.35. The molecule has 0 saturated heterocycles. The molecule has 0 bridgehead atoms. The number of hydrogen-bond donors (Lipinski definition) is 0. The second-order valence-electron chi connectivity index (χ2n) is 9.97. The fraction of sp³-hybridized carbons (Fsp3) is 0.176. The van der Waals surface area contributed by atoms with E-state index in [0.717, 1.165) is 38.6 Å². The molecule has 2 heterocycles. The highest BCUT2D eigenvalue weighted by atomic mass is 16.5. The summed E-state index contributed by atoms with van der Waals surface area (Å²) in [6.45, 7) is 8.18. The van der Waals surface area contributed by atoms with Crippen molar-refractivity contribution in [2.45, 2.75) is 34.2 Å². The minimum absolute atomic E-state index is 0.0442. The van der Waals surface area contributed by atoms with Gasteiger partial charge in [0.25, 0.3) is 11.8 Å². The number of benzene rings is 3. The maximum Gasteiger partial charge on any atom is 0.271 e. The van der Waals surface area contributed by atoms with E-state index >= 15 is 0 Å². The fourth-order valence-electron chi connectivity index (χ4n) is 4.88. The summed E-state index contributed by atoms with van der Waals surface area (Å²) in [5.41, 5.74) is 6.53. The Bertz CT molecular complexity index is 1740. The van der Waals surface area contributed by atoms with Crippen LogP contribution in [0.25, 0.3) is 23.0 Å². The molecule has 7 nitrogen and oxygen atoms in total. The first-order chi connectivity index (χ1) is 19.8. The van der Waals surface area contributed by atoms with Gasteiger partial charge in [0, 0.05) is 22.9 Å². The zero-order chi connectivity index (χ0) is 29.1.